The van der Waals surface area contributed by atoms with Gasteiger partial charge in [0.05, 0.1) is 6.54 Å². The minimum absolute atomic E-state index is 0.0803. The van der Waals surface area contributed by atoms with Gasteiger partial charge in [0.2, 0.25) is 5.91 Å². The molecule has 1 aliphatic heterocycles. The zero-order chi connectivity index (χ0) is 14.5. The van der Waals surface area contributed by atoms with Gasteiger partial charge in [-0.1, -0.05) is 6.92 Å². The van der Waals surface area contributed by atoms with Crippen molar-refractivity contribution in [3.8, 4) is 0 Å². The Balaban J connectivity index is 1.84. The lowest BCUT2D eigenvalue weighted by atomic mass is 10.0. The maximum Gasteiger partial charge on any atom is 0.238 e. The van der Waals surface area contributed by atoms with Crippen LogP contribution in [0.1, 0.15) is 19.8 Å². The topological polar surface area (TPSA) is 35.6 Å². The fourth-order valence-electron chi connectivity index (χ4n) is 2.68. The number of carbonyl (C=O) groups excluding carboxylic acids is 1. The molecule has 1 atom stereocenters. The van der Waals surface area contributed by atoms with E-state index in [1.54, 1.807) is 0 Å². The molecule has 20 heavy (non-hydrogen) atoms. The highest BCUT2D eigenvalue weighted by molar-refractivity contribution is 5.92. The number of anilines is 2. The summed E-state index contributed by atoms with van der Waals surface area (Å²) in [5.41, 5.74) is 2.00. The third-order valence-corrected chi connectivity index (χ3v) is 3.78. The molecule has 4 heteroatoms. The molecule has 0 bridgehead atoms. The third-order valence-electron chi connectivity index (χ3n) is 3.78. The standard InChI is InChI=1S/C16H25N3O/c1-13-5-4-10-19(11-13)12-16(20)17-14-6-8-15(9-7-14)18(2)3/h6-9,13H,4-5,10-12H2,1-3H3,(H,17,20)/t13-/m1/s1. The van der Waals surface area contributed by atoms with Crippen LogP contribution in [0.2, 0.25) is 0 Å². The van der Waals surface area contributed by atoms with Gasteiger partial charge in [0.15, 0.2) is 0 Å². The summed E-state index contributed by atoms with van der Waals surface area (Å²) in [6.45, 7) is 4.83. The highest BCUT2D eigenvalue weighted by Crippen LogP contribution is 2.17. The van der Waals surface area contributed by atoms with Crippen molar-refractivity contribution in [2.75, 3.05) is 43.9 Å². The summed E-state index contributed by atoms with van der Waals surface area (Å²) in [5.74, 6) is 0.785. The number of hydrogen-bond acceptors (Lipinski definition) is 3. The quantitative estimate of drug-likeness (QED) is 0.916. The summed E-state index contributed by atoms with van der Waals surface area (Å²) in [7, 11) is 4.01. The zero-order valence-corrected chi connectivity index (χ0v) is 12.7. The largest absolute Gasteiger partial charge is 0.378 e. The number of hydrogen-bond donors (Lipinski definition) is 1. The van der Waals surface area contributed by atoms with E-state index in [1.165, 1.54) is 12.8 Å². The van der Waals surface area contributed by atoms with Crippen LogP contribution in [-0.4, -0.2) is 44.5 Å². The number of benzene rings is 1. The third kappa shape index (κ3) is 4.23. The lowest BCUT2D eigenvalue weighted by Gasteiger charge is -2.30. The van der Waals surface area contributed by atoms with E-state index in [2.05, 4.69) is 17.1 Å². The number of likely N-dealkylation sites (tertiary alicyclic amines) is 1. The molecule has 1 N–H and O–H groups in total. The minimum atomic E-state index is 0.0803. The number of carbonyl (C=O) groups is 1. The summed E-state index contributed by atoms with van der Waals surface area (Å²) in [5, 5.41) is 2.97. The average Bonchev–Trinajstić information content (AvgIpc) is 2.39. The highest BCUT2D eigenvalue weighted by Gasteiger charge is 2.18. The van der Waals surface area contributed by atoms with Crippen molar-refractivity contribution in [3.05, 3.63) is 24.3 Å². The van der Waals surface area contributed by atoms with E-state index in [9.17, 15) is 4.79 Å². The van der Waals surface area contributed by atoms with Crippen molar-refractivity contribution in [3.63, 3.8) is 0 Å². The van der Waals surface area contributed by atoms with Gasteiger partial charge in [-0.2, -0.15) is 0 Å². The van der Waals surface area contributed by atoms with Crippen molar-refractivity contribution in [2.45, 2.75) is 19.8 Å². The van der Waals surface area contributed by atoms with Gasteiger partial charge in [-0.3, -0.25) is 9.69 Å². The molecule has 0 aromatic heterocycles. The van der Waals surface area contributed by atoms with Crippen molar-refractivity contribution in [2.24, 2.45) is 5.92 Å². The summed E-state index contributed by atoms with van der Waals surface area (Å²) in [6, 6.07) is 7.93. The smallest absolute Gasteiger partial charge is 0.238 e. The maximum atomic E-state index is 12.0. The van der Waals surface area contributed by atoms with E-state index in [4.69, 9.17) is 0 Å². The summed E-state index contributed by atoms with van der Waals surface area (Å²) >= 11 is 0. The zero-order valence-electron chi connectivity index (χ0n) is 12.7. The highest BCUT2D eigenvalue weighted by atomic mass is 16.2. The predicted molar refractivity (Wildman–Crippen MR) is 84.2 cm³/mol. The molecule has 0 spiro atoms. The summed E-state index contributed by atoms with van der Waals surface area (Å²) < 4.78 is 0. The Morgan fingerprint density at radius 1 is 1.35 bits per heavy atom. The second-order valence-electron chi connectivity index (χ2n) is 5.97. The van der Waals surface area contributed by atoms with E-state index in [0.717, 1.165) is 24.5 Å². The molecule has 4 nitrogen and oxygen atoms in total. The maximum absolute atomic E-state index is 12.0. The fourth-order valence-corrected chi connectivity index (χ4v) is 2.68. The molecular formula is C16H25N3O. The summed E-state index contributed by atoms with van der Waals surface area (Å²) in [4.78, 5) is 16.3. The van der Waals surface area contributed by atoms with Gasteiger partial charge >= 0.3 is 0 Å². The van der Waals surface area contributed by atoms with Crippen LogP contribution in [0.25, 0.3) is 0 Å². The molecule has 1 heterocycles. The first-order valence-electron chi connectivity index (χ1n) is 7.34. The Kier molecular flexibility index (Phi) is 5.01. The number of piperidine rings is 1. The van der Waals surface area contributed by atoms with Gasteiger partial charge in [-0.25, -0.2) is 0 Å². The van der Waals surface area contributed by atoms with Gasteiger partial charge in [0, 0.05) is 32.0 Å². The van der Waals surface area contributed by atoms with E-state index in [0.29, 0.717) is 12.5 Å². The number of rotatable bonds is 4. The van der Waals surface area contributed by atoms with Gasteiger partial charge in [-0.05, 0) is 49.6 Å². The molecule has 0 aliphatic carbocycles. The predicted octanol–water partition coefficient (Wildman–Crippen LogP) is 2.42. The van der Waals surface area contributed by atoms with Crippen molar-refractivity contribution >= 4 is 17.3 Å². The minimum Gasteiger partial charge on any atom is -0.378 e. The monoisotopic (exact) mass is 275 g/mol. The van der Waals surface area contributed by atoms with Crippen LogP contribution < -0.4 is 10.2 Å². The van der Waals surface area contributed by atoms with Crippen LogP contribution in [0.15, 0.2) is 24.3 Å². The van der Waals surface area contributed by atoms with Crippen LogP contribution in [0.5, 0.6) is 0 Å². The van der Waals surface area contributed by atoms with E-state index >= 15 is 0 Å². The normalized spacial score (nSPS) is 19.6. The number of amides is 1. The SMILES string of the molecule is C[C@@H]1CCCN(CC(=O)Nc2ccc(N(C)C)cc2)C1. The van der Waals surface area contributed by atoms with Crippen LogP contribution >= 0.6 is 0 Å². The first-order chi connectivity index (χ1) is 9.54. The average molecular weight is 275 g/mol. The van der Waals surface area contributed by atoms with Crippen LogP contribution in [0.3, 0.4) is 0 Å². The molecule has 1 amide bonds. The molecular weight excluding hydrogens is 250 g/mol. The lowest BCUT2D eigenvalue weighted by Crippen LogP contribution is -2.39. The Morgan fingerprint density at radius 2 is 2.05 bits per heavy atom. The van der Waals surface area contributed by atoms with Crippen LogP contribution in [-0.2, 0) is 4.79 Å². The van der Waals surface area contributed by atoms with E-state index in [-0.39, 0.29) is 5.91 Å². The fraction of sp³-hybridized carbons (Fsp3) is 0.562. The molecule has 1 aromatic carbocycles. The van der Waals surface area contributed by atoms with Crippen molar-refractivity contribution in [1.82, 2.24) is 4.90 Å². The summed E-state index contributed by atoms with van der Waals surface area (Å²) in [6.07, 6.45) is 2.48. The molecule has 1 aliphatic rings. The first kappa shape index (κ1) is 14.9. The molecule has 0 radical (unpaired) electrons. The molecule has 2 rings (SSSR count). The van der Waals surface area contributed by atoms with Gasteiger partial charge in [0.25, 0.3) is 0 Å². The molecule has 0 saturated carbocycles. The Labute approximate surface area is 121 Å². The van der Waals surface area contributed by atoms with Crippen LogP contribution in [0, 0.1) is 5.92 Å². The lowest BCUT2D eigenvalue weighted by molar-refractivity contribution is -0.117. The number of nitrogens with zero attached hydrogens (tertiary/aromatic N) is 2. The molecule has 0 unspecified atom stereocenters. The molecule has 1 saturated heterocycles. The number of nitrogens with one attached hydrogen (secondary N) is 1. The van der Waals surface area contributed by atoms with Crippen molar-refractivity contribution < 1.29 is 4.79 Å². The second-order valence-corrected chi connectivity index (χ2v) is 5.97. The Hall–Kier alpha value is -1.55. The van der Waals surface area contributed by atoms with Gasteiger partial charge in [0.1, 0.15) is 0 Å². The van der Waals surface area contributed by atoms with Crippen LogP contribution in [0.4, 0.5) is 11.4 Å². The van der Waals surface area contributed by atoms with Gasteiger partial charge < -0.3 is 10.2 Å². The molecule has 110 valence electrons. The van der Waals surface area contributed by atoms with E-state index in [1.807, 2.05) is 43.3 Å². The van der Waals surface area contributed by atoms with Gasteiger partial charge in [-0.15, -0.1) is 0 Å². The Bertz CT molecular complexity index is 442. The first-order valence-corrected chi connectivity index (χ1v) is 7.34. The molecule has 1 fully saturated rings. The second kappa shape index (κ2) is 6.75. The Morgan fingerprint density at radius 3 is 2.65 bits per heavy atom. The van der Waals surface area contributed by atoms with E-state index < -0.39 is 0 Å². The van der Waals surface area contributed by atoms with Crippen molar-refractivity contribution in [1.29, 1.82) is 0 Å². The molecule has 1 aromatic rings.